The number of benzene rings is 3. The number of carbonyl (C=O) groups is 1. The molecule has 0 saturated heterocycles. The van der Waals surface area contributed by atoms with Crippen LogP contribution in [0.3, 0.4) is 0 Å². The van der Waals surface area contributed by atoms with E-state index in [1.807, 2.05) is 54.7 Å². The lowest BCUT2D eigenvalue weighted by Gasteiger charge is -2.00. The summed E-state index contributed by atoms with van der Waals surface area (Å²) in [6, 6.07) is 24.8. The van der Waals surface area contributed by atoms with Gasteiger partial charge in [-0.1, -0.05) is 48.5 Å². The van der Waals surface area contributed by atoms with Crippen molar-refractivity contribution in [3.05, 3.63) is 118 Å². The third kappa shape index (κ3) is 4.07. The predicted molar refractivity (Wildman–Crippen MR) is 115 cm³/mol. The number of ketones is 1. The van der Waals surface area contributed by atoms with Gasteiger partial charge >= 0.3 is 0 Å². The number of hydrogen-bond acceptors (Lipinski definition) is 4. The lowest BCUT2D eigenvalue weighted by Crippen LogP contribution is -1.94. The smallest absolute Gasteiger partial charge is 0.269 e. The highest BCUT2D eigenvalue weighted by Gasteiger charge is 2.13. The van der Waals surface area contributed by atoms with Crippen LogP contribution in [0.4, 0.5) is 5.69 Å². The first kappa shape index (κ1) is 19.0. The Morgan fingerprint density at radius 2 is 1.53 bits per heavy atom. The second-order valence-electron chi connectivity index (χ2n) is 6.58. The molecule has 146 valence electrons. The van der Waals surface area contributed by atoms with Crippen molar-refractivity contribution in [3.8, 4) is 16.9 Å². The molecule has 0 atom stereocenters. The molecule has 0 bridgehead atoms. The third-order valence-electron chi connectivity index (χ3n) is 4.59. The Morgan fingerprint density at radius 3 is 2.17 bits per heavy atom. The highest BCUT2D eigenvalue weighted by molar-refractivity contribution is 6.07. The molecule has 1 heterocycles. The number of hydrogen-bond donors (Lipinski definition) is 0. The number of nitro benzene ring substituents is 1. The summed E-state index contributed by atoms with van der Waals surface area (Å²) in [5, 5.41) is 15.6. The van der Waals surface area contributed by atoms with E-state index >= 15 is 0 Å². The van der Waals surface area contributed by atoms with Crippen molar-refractivity contribution in [2.45, 2.75) is 0 Å². The molecule has 30 heavy (non-hydrogen) atoms. The largest absolute Gasteiger partial charge is 0.289 e. The van der Waals surface area contributed by atoms with Crippen LogP contribution in [-0.2, 0) is 0 Å². The molecular formula is C24H17N3O3. The molecule has 1 aromatic heterocycles. The number of allylic oxidation sites excluding steroid dienone is 1. The number of non-ortho nitro benzene ring substituents is 1. The maximum Gasteiger partial charge on any atom is 0.269 e. The van der Waals surface area contributed by atoms with E-state index < -0.39 is 4.92 Å². The van der Waals surface area contributed by atoms with Gasteiger partial charge in [-0.15, -0.1) is 0 Å². The lowest BCUT2D eigenvalue weighted by atomic mass is 10.1. The molecule has 0 amide bonds. The van der Waals surface area contributed by atoms with Crippen LogP contribution >= 0.6 is 0 Å². The van der Waals surface area contributed by atoms with Gasteiger partial charge in [-0.05, 0) is 36.4 Å². The molecular weight excluding hydrogens is 378 g/mol. The molecule has 0 aliphatic rings. The summed E-state index contributed by atoms with van der Waals surface area (Å²) in [5.74, 6) is -0.113. The minimum atomic E-state index is -0.439. The van der Waals surface area contributed by atoms with Crippen LogP contribution in [0.1, 0.15) is 15.9 Å². The van der Waals surface area contributed by atoms with E-state index in [0.717, 1.165) is 16.8 Å². The van der Waals surface area contributed by atoms with Gasteiger partial charge in [0.1, 0.15) is 0 Å². The number of rotatable bonds is 6. The SMILES string of the molecule is O=C(C=Cc1cn(-c2ccccc2)nc1-c1ccc([N+](=O)[O-])cc1)c1ccccc1. The Balaban J connectivity index is 1.74. The van der Waals surface area contributed by atoms with Crippen LogP contribution in [-0.4, -0.2) is 20.5 Å². The zero-order valence-electron chi connectivity index (χ0n) is 15.9. The topological polar surface area (TPSA) is 78.0 Å². The molecule has 6 nitrogen and oxygen atoms in total. The van der Waals surface area contributed by atoms with Crippen molar-refractivity contribution in [3.63, 3.8) is 0 Å². The van der Waals surface area contributed by atoms with Gasteiger partial charge in [0.15, 0.2) is 5.78 Å². The minimum absolute atomic E-state index is 0.0117. The van der Waals surface area contributed by atoms with Crippen molar-refractivity contribution < 1.29 is 9.72 Å². The average molecular weight is 395 g/mol. The number of nitrogens with zero attached hydrogens (tertiary/aromatic N) is 3. The monoisotopic (exact) mass is 395 g/mol. The Labute approximate surface area is 172 Å². The van der Waals surface area contributed by atoms with E-state index in [9.17, 15) is 14.9 Å². The van der Waals surface area contributed by atoms with Gasteiger partial charge in [0, 0.05) is 35.0 Å². The van der Waals surface area contributed by atoms with Crippen molar-refractivity contribution in [2.24, 2.45) is 0 Å². The van der Waals surface area contributed by atoms with Gasteiger partial charge in [0.25, 0.3) is 5.69 Å². The summed E-state index contributed by atoms with van der Waals surface area (Å²) in [6.45, 7) is 0. The fourth-order valence-electron chi connectivity index (χ4n) is 3.05. The first-order valence-corrected chi connectivity index (χ1v) is 9.29. The molecule has 0 aliphatic heterocycles. The first-order valence-electron chi connectivity index (χ1n) is 9.29. The Bertz CT molecular complexity index is 1210. The van der Waals surface area contributed by atoms with Crippen molar-refractivity contribution in [1.82, 2.24) is 9.78 Å². The van der Waals surface area contributed by atoms with E-state index in [2.05, 4.69) is 5.10 Å². The van der Waals surface area contributed by atoms with Crippen molar-refractivity contribution >= 4 is 17.5 Å². The maximum atomic E-state index is 12.5. The summed E-state index contributed by atoms with van der Waals surface area (Å²) in [6.07, 6.45) is 5.07. The summed E-state index contributed by atoms with van der Waals surface area (Å²) in [5.41, 5.74) is 3.57. The summed E-state index contributed by atoms with van der Waals surface area (Å²) in [4.78, 5) is 23.0. The van der Waals surface area contributed by atoms with Crippen LogP contribution in [0.25, 0.3) is 23.0 Å². The zero-order chi connectivity index (χ0) is 20.9. The van der Waals surface area contributed by atoms with Crippen molar-refractivity contribution in [1.29, 1.82) is 0 Å². The quantitative estimate of drug-likeness (QED) is 0.191. The Morgan fingerprint density at radius 1 is 0.900 bits per heavy atom. The van der Waals surface area contributed by atoms with Crippen LogP contribution in [0.15, 0.2) is 97.2 Å². The molecule has 0 N–H and O–H groups in total. The van der Waals surface area contributed by atoms with Gasteiger partial charge < -0.3 is 0 Å². The first-order chi connectivity index (χ1) is 14.6. The number of para-hydroxylation sites is 1. The number of nitro groups is 1. The summed E-state index contributed by atoms with van der Waals surface area (Å²) in [7, 11) is 0. The molecule has 0 radical (unpaired) electrons. The van der Waals surface area contributed by atoms with Gasteiger partial charge in [-0.2, -0.15) is 5.10 Å². The fourth-order valence-corrected chi connectivity index (χ4v) is 3.05. The second-order valence-corrected chi connectivity index (χ2v) is 6.58. The fraction of sp³-hybridized carbons (Fsp3) is 0. The second kappa shape index (κ2) is 8.36. The molecule has 3 aromatic carbocycles. The van der Waals surface area contributed by atoms with E-state index in [0.29, 0.717) is 11.3 Å². The molecule has 6 heteroatoms. The predicted octanol–water partition coefficient (Wildman–Crippen LogP) is 5.34. The number of carbonyl (C=O) groups excluding carboxylic acids is 1. The van der Waals surface area contributed by atoms with E-state index in [-0.39, 0.29) is 11.5 Å². The van der Waals surface area contributed by atoms with E-state index in [1.54, 1.807) is 35.0 Å². The molecule has 0 fully saturated rings. The number of aromatic nitrogens is 2. The van der Waals surface area contributed by atoms with Crippen LogP contribution in [0, 0.1) is 10.1 Å². The Hall–Kier alpha value is -4.32. The van der Waals surface area contributed by atoms with Gasteiger partial charge in [-0.25, -0.2) is 4.68 Å². The molecule has 0 aliphatic carbocycles. The van der Waals surface area contributed by atoms with Crippen LogP contribution in [0.2, 0.25) is 0 Å². The standard InChI is InChI=1S/C24H17N3O3/c28-23(18-7-3-1-4-8-18)16-13-20-17-26(21-9-5-2-6-10-21)25-24(20)19-11-14-22(15-12-19)27(29)30/h1-17H. The Kier molecular flexibility index (Phi) is 5.30. The third-order valence-corrected chi connectivity index (χ3v) is 4.59. The van der Waals surface area contributed by atoms with E-state index in [1.165, 1.54) is 18.2 Å². The molecule has 4 rings (SSSR count). The molecule has 0 saturated carbocycles. The minimum Gasteiger partial charge on any atom is -0.289 e. The van der Waals surface area contributed by atoms with Gasteiger partial charge in [0.2, 0.25) is 0 Å². The van der Waals surface area contributed by atoms with E-state index in [4.69, 9.17) is 0 Å². The van der Waals surface area contributed by atoms with Gasteiger partial charge in [0.05, 0.1) is 16.3 Å². The molecule has 0 spiro atoms. The zero-order valence-corrected chi connectivity index (χ0v) is 15.9. The van der Waals surface area contributed by atoms with Gasteiger partial charge in [-0.3, -0.25) is 14.9 Å². The van der Waals surface area contributed by atoms with Crippen molar-refractivity contribution in [2.75, 3.05) is 0 Å². The summed E-state index contributed by atoms with van der Waals surface area (Å²) >= 11 is 0. The lowest BCUT2D eigenvalue weighted by molar-refractivity contribution is -0.384. The highest BCUT2D eigenvalue weighted by Crippen LogP contribution is 2.27. The summed E-state index contributed by atoms with van der Waals surface area (Å²) < 4.78 is 1.73. The molecule has 0 unspecified atom stereocenters. The average Bonchev–Trinajstić information content (AvgIpc) is 3.23. The van der Waals surface area contributed by atoms with Crippen LogP contribution < -0.4 is 0 Å². The van der Waals surface area contributed by atoms with Crippen LogP contribution in [0.5, 0.6) is 0 Å². The normalized spacial score (nSPS) is 10.9. The molecule has 4 aromatic rings. The highest BCUT2D eigenvalue weighted by atomic mass is 16.6. The maximum absolute atomic E-state index is 12.5.